The van der Waals surface area contributed by atoms with E-state index in [2.05, 4.69) is 31.1 Å². The summed E-state index contributed by atoms with van der Waals surface area (Å²) < 4.78 is 2.92. The largest absolute Gasteiger partial charge is 0.366 e. The molecule has 0 spiro atoms. The Balaban J connectivity index is 0.00000225. The van der Waals surface area contributed by atoms with Gasteiger partial charge < -0.3 is 21.7 Å². The number of anilines is 2. The maximum Gasteiger partial charge on any atom is 0.271 e. The summed E-state index contributed by atoms with van der Waals surface area (Å²) in [5.74, 6) is -0.502. The van der Waals surface area contributed by atoms with Gasteiger partial charge in [0.25, 0.3) is 11.8 Å². The highest BCUT2D eigenvalue weighted by molar-refractivity contribution is 6.10. The molecule has 1 aliphatic heterocycles. The topological polar surface area (TPSA) is 144 Å². The van der Waals surface area contributed by atoms with Gasteiger partial charge in [0.2, 0.25) is 0 Å². The number of nitrogens with one attached hydrogen (secondary N) is 3. The van der Waals surface area contributed by atoms with Crippen LogP contribution in [0.15, 0.2) is 24.7 Å². The first-order chi connectivity index (χ1) is 13.0. The van der Waals surface area contributed by atoms with Crippen LogP contribution in [0.2, 0.25) is 0 Å². The summed E-state index contributed by atoms with van der Waals surface area (Å²) in [7, 11) is 1.63. The van der Waals surface area contributed by atoms with E-state index in [0.717, 1.165) is 19.5 Å². The molecule has 2 amide bonds. The fourth-order valence-electron chi connectivity index (χ4n) is 3.05. The molecule has 0 radical (unpaired) electrons. The first-order valence-electron chi connectivity index (χ1n) is 8.47. The highest BCUT2D eigenvalue weighted by atomic mass is 35.5. The Morgan fingerprint density at radius 2 is 2.21 bits per heavy atom. The Bertz CT molecular complexity index is 1020. The van der Waals surface area contributed by atoms with Crippen LogP contribution in [0.1, 0.15) is 27.3 Å². The smallest absolute Gasteiger partial charge is 0.271 e. The lowest BCUT2D eigenvalue weighted by atomic mass is 10.2. The third-order valence-electron chi connectivity index (χ3n) is 4.34. The molecule has 0 bridgehead atoms. The Hall–Kier alpha value is -3.18. The van der Waals surface area contributed by atoms with E-state index < -0.39 is 11.8 Å². The molecule has 28 heavy (non-hydrogen) atoms. The number of hydrogen-bond donors (Lipinski definition) is 4. The van der Waals surface area contributed by atoms with E-state index in [1.165, 1.54) is 21.6 Å². The summed E-state index contributed by atoms with van der Waals surface area (Å²) in [6.07, 6.45) is 5.69. The number of carbonyl (C=O) groups excluding carboxylic acids is 2. The molecule has 0 aliphatic carbocycles. The molecular weight excluding hydrogens is 386 g/mol. The van der Waals surface area contributed by atoms with Gasteiger partial charge >= 0.3 is 0 Å². The van der Waals surface area contributed by atoms with Crippen LogP contribution < -0.4 is 21.7 Å². The van der Waals surface area contributed by atoms with E-state index in [1.807, 2.05) is 6.07 Å². The lowest BCUT2D eigenvalue weighted by Gasteiger charge is -2.12. The molecular formula is C16H20ClN9O2. The molecule has 0 aromatic carbocycles. The van der Waals surface area contributed by atoms with Gasteiger partial charge in [-0.3, -0.25) is 14.3 Å². The monoisotopic (exact) mass is 405 g/mol. The van der Waals surface area contributed by atoms with E-state index in [0.29, 0.717) is 17.5 Å². The first kappa shape index (κ1) is 19.6. The maximum atomic E-state index is 12.7. The number of aromatic nitrogens is 5. The van der Waals surface area contributed by atoms with E-state index >= 15 is 0 Å². The van der Waals surface area contributed by atoms with E-state index in [-0.39, 0.29) is 29.4 Å². The summed E-state index contributed by atoms with van der Waals surface area (Å²) in [5.41, 5.74) is 6.22. The standard InChI is InChI=1S/C16H19N9O2.ClH/c1-24-8-11(13(23-24)14(17)26)21-16(27)10-7-19-25-5-3-12(22-15(10)25)20-9-2-4-18-6-9;/h3,5,7-9,18H,2,4,6H2,1H3,(H2,17,26)(H,20,22)(H,21,27);1H. The number of aryl methyl sites for hydroxylation is 1. The second-order valence-corrected chi connectivity index (χ2v) is 6.36. The van der Waals surface area contributed by atoms with Crippen LogP contribution in [0.4, 0.5) is 11.5 Å². The van der Waals surface area contributed by atoms with Crippen molar-refractivity contribution in [3.63, 3.8) is 0 Å². The molecule has 0 saturated carbocycles. The minimum atomic E-state index is -0.722. The van der Waals surface area contributed by atoms with Crippen LogP contribution in [0.25, 0.3) is 5.65 Å². The second kappa shape index (κ2) is 7.82. The Labute approximate surface area is 166 Å². The van der Waals surface area contributed by atoms with Crippen molar-refractivity contribution in [2.24, 2.45) is 12.8 Å². The van der Waals surface area contributed by atoms with Gasteiger partial charge in [0.1, 0.15) is 11.4 Å². The average molecular weight is 406 g/mol. The molecule has 1 unspecified atom stereocenters. The predicted octanol–water partition coefficient (Wildman–Crippen LogP) is 0.00960. The fraction of sp³-hybridized carbons (Fsp3) is 0.312. The predicted molar refractivity (Wildman–Crippen MR) is 105 cm³/mol. The molecule has 11 nitrogen and oxygen atoms in total. The minimum absolute atomic E-state index is 0. The number of hydrogen-bond acceptors (Lipinski definition) is 7. The number of nitrogens with zero attached hydrogens (tertiary/aromatic N) is 5. The number of rotatable bonds is 5. The van der Waals surface area contributed by atoms with Crippen LogP contribution in [0, 0.1) is 0 Å². The van der Waals surface area contributed by atoms with Gasteiger partial charge in [-0.05, 0) is 19.0 Å². The zero-order chi connectivity index (χ0) is 19.0. The van der Waals surface area contributed by atoms with Crippen molar-refractivity contribution in [3.8, 4) is 0 Å². The molecule has 148 valence electrons. The van der Waals surface area contributed by atoms with Gasteiger partial charge in [-0.25, -0.2) is 9.50 Å². The molecule has 3 aromatic rings. The summed E-state index contributed by atoms with van der Waals surface area (Å²) in [6.45, 7) is 1.84. The molecule has 1 saturated heterocycles. The van der Waals surface area contributed by atoms with Crippen LogP contribution in [-0.2, 0) is 7.05 Å². The van der Waals surface area contributed by atoms with Crippen molar-refractivity contribution in [1.82, 2.24) is 29.7 Å². The Kier molecular flexibility index (Phi) is 5.47. The molecule has 4 rings (SSSR count). The third kappa shape index (κ3) is 3.75. The number of carbonyl (C=O) groups is 2. The van der Waals surface area contributed by atoms with E-state index in [1.54, 1.807) is 13.2 Å². The van der Waals surface area contributed by atoms with E-state index in [9.17, 15) is 9.59 Å². The lowest BCUT2D eigenvalue weighted by molar-refractivity contribution is 0.0995. The number of amides is 2. The highest BCUT2D eigenvalue weighted by Gasteiger charge is 2.20. The zero-order valence-electron chi connectivity index (χ0n) is 15.0. The molecule has 1 fully saturated rings. The molecule has 4 heterocycles. The highest BCUT2D eigenvalue weighted by Crippen LogP contribution is 2.17. The molecule has 5 N–H and O–H groups in total. The molecule has 12 heteroatoms. The van der Waals surface area contributed by atoms with Gasteiger partial charge in [-0.15, -0.1) is 12.4 Å². The summed E-state index contributed by atoms with van der Waals surface area (Å²) in [4.78, 5) is 28.7. The van der Waals surface area contributed by atoms with Gasteiger partial charge in [0.05, 0.1) is 11.9 Å². The minimum Gasteiger partial charge on any atom is -0.366 e. The van der Waals surface area contributed by atoms with Gasteiger partial charge in [-0.2, -0.15) is 10.2 Å². The van der Waals surface area contributed by atoms with Crippen LogP contribution in [0.5, 0.6) is 0 Å². The van der Waals surface area contributed by atoms with Crippen molar-refractivity contribution in [2.45, 2.75) is 12.5 Å². The second-order valence-electron chi connectivity index (χ2n) is 6.36. The van der Waals surface area contributed by atoms with Crippen LogP contribution in [0.3, 0.4) is 0 Å². The van der Waals surface area contributed by atoms with Crippen molar-refractivity contribution in [1.29, 1.82) is 0 Å². The average Bonchev–Trinajstić information content (AvgIpc) is 3.34. The van der Waals surface area contributed by atoms with Crippen molar-refractivity contribution in [3.05, 3.63) is 35.9 Å². The lowest BCUT2D eigenvalue weighted by Crippen LogP contribution is -2.23. The summed E-state index contributed by atoms with van der Waals surface area (Å²) >= 11 is 0. The number of halogens is 1. The number of primary amides is 1. The maximum absolute atomic E-state index is 12.7. The van der Waals surface area contributed by atoms with Gasteiger partial charge in [0, 0.05) is 32.0 Å². The number of nitrogens with two attached hydrogens (primary N) is 1. The third-order valence-corrected chi connectivity index (χ3v) is 4.34. The van der Waals surface area contributed by atoms with Gasteiger partial charge in [-0.1, -0.05) is 0 Å². The summed E-state index contributed by atoms with van der Waals surface area (Å²) in [5, 5.41) is 17.4. The van der Waals surface area contributed by atoms with Crippen LogP contribution >= 0.6 is 12.4 Å². The first-order valence-corrected chi connectivity index (χ1v) is 8.47. The van der Waals surface area contributed by atoms with Crippen LogP contribution in [-0.4, -0.2) is 55.3 Å². The van der Waals surface area contributed by atoms with Crippen molar-refractivity contribution < 1.29 is 9.59 Å². The SMILES string of the molecule is Cl.Cn1cc(NC(=O)c2cnn3ccc(NC4CCNC4)nc23)c(C(N)=O)n1. The Morgan fingerprint density at radius 1 is 1.39 bits per heavy atom. The normalized spacial score (nSPS) is 16.0. The van der Waals surface area contributed by atoms with Crippen molar-refractivity contribution >= 4 is 41.4 Å². The molecule has 3 aromatic heterocycles. The fourth-order valence-corrected chi connectivity index (χ4v) is 3.05. The molecule has 1 atom stereocenters. The summed E-state index contributed by atoms with van der Waals surface area (Å²) in [6, 6.07) is 2.11. The zero-order valence-corrected chi connectivity index (χ0v) is 15.9. The number of fused-ring (bicyclic) bond motifs is 1. The van der Waals surface area contributed by atoms with E-state index in [4.69, 9.17) is 5.73 Å². The molecule has 1 aliphatic rings. The quantitative estimate of drug-likeness (QED) is 0.468. The Morgan fingerprint density at radius 3 is 2.93 bits per heavy atom. The van der Waals surface area contributed by atoms with Gasteiger partial charge in [0.15, 0.2) is 11.3 Å². The van der Waals surface area contributed by atoms with Crippen molar-refractivity contribution in [2.75, 3.05) is 23.7 Å².